The number of nitrogens with one attached hydrogen (secondary N) is 2. The lowest BCUT2D eigenvalue weighted by molar-refractivity contribution is 0.787. The lowest BCUT2D eigenvalue weighted by atomic mass is 10.8. The molecular formula is C25H55N3S11. The minimum atomic E-state index is 0.913. The van der Waals surface area contributed by atoms with Crippen LogP contribution in [0.5, 0.6) is 0 Å². The van der Waals surface area contributed by atoms with Crippen LogP contribution in [0.25, 0.3) is 0 Å². The average Bonchev–Trinajstić information content (AvgIpc) is 2.95. The number of nitrogens with two attached hydrogens (primary N) is 1. The monoisotopic (exact) mass is 749 g/mol. The number of hydrogen-bond acceptors (Lipinski definition) is 14. The molecule has 4 N–H and O–H groups in total. The fourth-order valence-corrected chi connectivity index (χ4v) is 14.9. The van der Waals surface area contributed by atoms with Crippen LogP contribution in [0, 0.1) is 0 Å². The summed E-state index contributed by atoms with van der Waals surface area (Å²) in [5.41, 5.74) is 2.71. The number of rotatable bonds is 36. The number of hydrazine groups is 1. The van der Waals surface area contributed by atoms with Gasteiger partial charge in [-0.2, -0.15) is 129 Å². The predicted octanol–water partition coefficient (Wildman–Crippen LogP) is 6.73. The Balaban J connectivity index is 3.01. The normalized spacial score (nSPS) is 11.5. The fraction of sp³-hybridized carbons (Fsp3) is 1.00. The van der Waals surface area contributed by atoms with Gasteiger partial charge in [0.2, 0.25) is 0 Å². The molecule has 0 aliphatic heterocycles. The Kier molecular flexibility index (Phi) is 45.7. The summed E-state index contributed by atoms with van der Waals surface area (Å²) in [6.07, 6.45) is 0. The molecule has 0 aliphatic carbocycles. The van der Waals surface area contributed by atoms with Crippen LogP contribution in [0.15, 0.2) is 0 Å². The zero-order valence-corrected chi connectivity index (χ0v) is 33.0. The van der Waals surface area contributed by atoms with E-state index in [-0.39, 0.29) is 0 Å². The van der Waals surface area contributed by atoms with Crippen LogP contribution in [-0.2, 0) is 0 Å². The Morgan fingerprint density at radius 1 is 0.308 bits per heavy atom. The molecule has 0 saturated carbocycles. The van der Waals surface area contributed by atoms with Crippen molar-refractivity contribution in [2.45, 2.75) is 0 Å². The molecule has 0 saturated heterocycles. The summed E-state index contributed by atoms with van der Waals surface area (Å²) >= 11 is 23.3. The second-order valence-electron chi connectivity index (χ2n) is 7.79. The van der Waals surface area contributed by atoms with Gasteiger partial charge in [-0.25, -0.2) is 0 Å². The van der Waals surface area contributed by atoms with Crippen molar-refractivity contribution in [1.82, 2.24) is 10.7 Å². The van der Waals surface area contributed by atoms with Gasteiger partial charge in [-0.05, 0) is 7.05 Å². The van der Waals surface area contributed by atoms with E-state index in [1.165, 1.54) is 121 Å². The van der Waals surface area contributed by atoms with Crippen LogP contribution >= 0.6 is 129 Å². The molecule has 0 aromatic rings. The molecule has 0 aliphatic rings. The lowest BCUT2D eigenvalue weighted by Gasteiger charge is -2.05. The molecule has 0 fully saturated rings. The highest BCUT2D eigenvalue weighted by Gasteiger charge is 1.97. The van der Waals surface area contributed by atoms with Gasteiger partial charge in [0.15, 0.2) is 0 Å². The zero-order valence-electron chi connectivity index (χ0n) is 24.0. The minimum Gasteiger partial charge on any atom is -0.319 e. The molecule has 39 heavy (non-hydrogen) atoms. The van der Waals surface area contributed by atoms with Crippen molar-refractivity contribution < 1.29 is 0 Å². The maximum absolute atomic E-state index is 5.27. The molecule has 0 spiro atoms. The molecule has 14 heteroatoms. The molecule has 0 aromatic heterocycles. The summed E-state index contributed by atoms with van der Waals surface area (Å²) in [5, 5.41) is 3.20. The third-order valence-electron chi connectivity index (χ3n) is 4.61. The standard InChI is InChI=1S/C25H55N3S11/c1-27-2-4-29-6-8-31-10-12-33-14-16-35-18-20-37-22-24-39-25-23-38-21-19-36-17-15-34-13-11-32-9-7-30-5-3-28-26/h27-28H,2-26H2,1H3. The van der Waals surface area contributed by atoms with Gasteiger partial charge in [0.1, 0.15) is 0 Å². The Labute approximate surface area is 289 Å². The van der Waals surface area contributed by atoms with Crippen LogP contribution in [0.1, 0.15) is 0 Å². The Bertz CT molecular complexity index is 397. The minimum absolute atomic E-state index is 0.913. The Morgan fingerprint density at radius 3 is 0.667 bits per heavy atom. The second kappa shape index (κ2) is 41.7. The van der Waals surface area contributed by atoms with Crippen molar-refractivity contribution in [3.63, 3.8) is 0 Å². The highest BCUT2D eigenvalue weighted by molar-refractivity contribution is 8.07. The summed E-state index contributed by atoms with van der Waals surface area (Å²) in [6.45, 7) is 2.05. The zero-order chi connectivity index (χ0) is 28.2. The maximum Gasteiger partial charge on any atom is 0.0188 e. The topological polar surface area (TPSA) is 50.1 Å². The van der Waals surface area contributed by atoms with Crippen molar-refractivity contribution in [3.8, 4) is 0 Å². The molecule has 0 heterocycles. The molecule has 0 atom stereocenters. The smallest absolute Gasteiger partial charge is 0.0188 e. The first kappa shape index (κ1) is 42.7. The van der Waals surface area contributed by atoms with Gasteiger partial charge in [-0.15, -0.1) is 0 Å². The van der Waals surface area contributed by atoms with Crippen molar-refractivity contribution >= 4 is 129 Å². The SMILES string of the molecule is CNCCSCCSCCSCCSCCSCCSCCSCCSCCSCCSCCSCCNN. The first-order valence-electron chi connectivity index (χ1n) is 13.8. The third kappa shape index (κ3) is 41.7. The van der Waals surface area contributed by atoms with E-state index in [0.29, 0.717) is 0 Å². The van der Waals surface area contributed by atoms with Gasteiger partial charge in [0.05, 0.1) is 0 Å². The number of hydrogen-bond donors (Lipinski definition) is 3. The van der Waals surface area contributed by atoms with Gasteiger partial charge in [-0.3, -0.25) is 11.3 Å². The summed E-state index contributed by atoms with van der Waals surface area (Å²) < 4.78 is 0. The summed E-state index contributed by atoms with van der Waals surface area (Å²) in [7, 11) is 2.03. The van der Waals surface area contributed by atoms with Gasteiger partial charge in [0, 0.05) is 140 Å². The predicted molar refractivity (Wildman–Crippen MR) is 217 cm³/mol. The molecule has 0 radical (unpaired) electrons. The van der Waals surface area contributed by atoms with E-state index in [1.54, 1.807) is 0 Å². The van der Waals surface area contributed by atoms with Crippen LogP contribution in [0.3, 0.4) is 0 Å². The van der Waals surface area contributed by atoms with Crippen LogP contribution in [0.2, 0.25) is 0 Å². The molecule has 3 nitrogen and oxygen atoms in total. The summed E-state index contributed by atoms with van der Waals surface area (Å²) in [6, 6.07) is 0. The van der Waals surface area contributed by atoms with Gasteiger partial charge >= 0.3 is 0 Å². The van der Waals surface area contributed by atoms with E-state index < -0.39 is 0 Å². The molecule has 0 amide bonds. The van der Waals surface area contributed by atoms with E-state index in [9.17, 15) is 0 Å². The first-order chi connectivity index (χ1) is 19.4. The average molecular weight is 750 g/mol. The molecular weight excluding hydrogens is 695 g/mol. The van der Waals surface area contributed by atoms with E-state index in [0.717, 1.165) is 18.8 Å². The first-order valence-corrected chi connectivity index (χ1v) is 26.5. The molecule has 0 unspecified atom stereocenters. The van der Waals surface area contributed by atoms with E-state index in [2.05, 4.69) is 128 Å². The lowest BCUT2D eigenvalue weighted by Crippen LogP contribution is -2.24. The van der Waals surface area contributed by atoms with E-state index in [1.807, 2.05) is 18.8 Å². The van der Waals surface area contributed by atoms with Crippen LogP contribution in [-0.4, -0.2) is 147 Å². The highest BCUT2D eigenvalue weighted by atomic mass is 32.2. The summed E-state index contributed by atoms with van der Waals surface area (Å²) in [5.74, 6) is 33.9. The summed E-state index contributed by atoms with van der Waals surface area (Å²) in [4.78, 5) is 0. The fourth-order valence-electron chi connectivity index (χ4n) is 2.61. The second-order valence-corrected chi connectivity index (χ2v) is 21.3. The Morgan fingerprint density at radius 2 is 0.487 bits per heavy atom. The molecule has 236 valence electrons. The molecule has 0 rings (SSSR count). The van der Waals surface area contributed by atoms with E-state index >= 15 is 0 Å². The van der Waals surface area contributed by atoms with Crippen LogP contribution in [0.4, 0.5) is 0 Å². The largest absolute Gasteiger partial charge is 0.319 e. The Hall–Kier alpha value is 3.73. The molecule has 0 aromatic carbocycles. The van der Waals surface area contributed by atoms with Crippen molar-refractivity contribution in [1.29, 1.82) is 0 Å². The van der Waals surface area contributed by atoms with Gasteiger partial charge < -0.3 is 5.32 Å². The quantitative estimate of drug-likeness (QED) is 0.0361. The van der Waals surface area contributed by atoms with Crippen molar-refractivity contribution in [2.24, 2.45) is 5.84 Å². The van der Waals surface area contributed by atoms with Crippen LogP contribution < -0.4 is 16.6 Å². The van der Waals surface area contributed by atoms with Crippen molar-refractivity contribution in [2.75, 3.05) is 147 Å². The van der Waals surface area contributed by atoms with E-state index in [4.69, 9.17) is 5.84 Å². The molecule has 0 bridgehead atoms. The van der Waals surface area contributed by atoms with Gasteiger partial charge in [-0.1, -0.05) is 0 Å². The highest BCUT2D eigenvalue weighted by Crippen LogP contribution is 2.16. The maximum atomic E-state index is 5.27. The number of thioether (sulfide) groups is 11. The third-order valence-corrected chi connectivity index (χ3v) is 18.0. The van der Waals surface area contributed by atoms with Gasteiger partial charge in [0.25, 0.3) is 0 Å². The van der Waals surface area contributed by atoms with Crippen molar-refractivity contribution in [3.05, 3.63) is 0 Å².